The highest BCUT2D eigenvalue weighted by atomic mass is 15.1. The van der Waals surface area contributed by atoms with Crippen LogP contribution in [0.25, 0.3) is 0 Å². The lowest BCUT2D eigenvalue weighted by molar-refractivity contribution is 0.465. The maximum absolute atomic E-state index is 2.23. The van der Waals surface area contributed by atoms with Crippen molar-refractivity contribution in [2.45, 2.75) is 27.7 Å². The van der Waals surface area contributed by atoms with Gasteiger partial charge in [-0.2, -0.15) is 0 Å². The van der Waals surface area contributed by atoms with Gasteiger partial charge in [0.2, 0.25) is 0 Å². The Hall–Kier alpha value is -0.980. The molecule has 0 aliphatic rings. The summed E-state index contributed by atoms with van der Waals surface area (Å²) in [4.78, 5) is 2.23. The lowest BCUT2D eigenvalue weighted by Gasteiger charge is -2.17. The SMILES string of the molecule is C/C=C\C=C(/C)N(C)CC=C(C)C. The Morgan fingerprint density at radius 3 is 2.31 bits per heavy atom. The van der Waals surface area contributed by atoms with E-state index in [0.717, 1.165) is 6.54 Å². The van der Waals surface area contributed by atoms with E-state index in [9.17, 15) is 0 Å². The molecule has 74 valence electrons. The van der Waals surface area contributed by atoms with Crippen LogP contribution in [-0.2, 0) is 0 Å². The molecule has 0 aromatic heterocycles. The maximum atomic E-state index is 2.23. The third-order valence-electron chi connectivity index (χ3n) is 1.91. The van der Waals surface area contributed by atoms with E-state index in [0.29, 0.717) is 0 Å². The first-order valence-corrected chi connectivity index (χ1v) is 4.72. The molecular formula is C12H21N. The summed E-state index contributed by atoms with van der Waals surface area (Å²) in [6.45, 7) is 9.39. The van der Waals surface area contributed by atoms with Gasteiger partial charge >= 0.3 is 0 Å². The van der Waals surface area contributed by atoms with E-state index in [4.69, 9.17) is 0 Å². The Balaban J connectivity index is 4.10. The molecule has 1 heteroatoms. The first-order valence-electron chi connectivity index (χ1n) is 4.72. The number of nitrogens with zero attached hydrogens (tertiary/aromatic N) is 1. The van der Waals surface area contributed by atoms with Gasteiger partial charge in [-0.1, -0.05) is 23.8 Å². The quantitative estimate of drug-likeness (QED) is 0.472. The van der Waals surface area contributed by atoms with Crippen molar-refractivity contribution in [3.05, 3.63) is 35.6 Å². The summed E-state index contributed by atoms with van der Waals surface area (Å²) in [5.41, 5.74) is 2.65. The van der Waals surface area contributed by atoms with Crippen molar-refractivity contribution < 1.29 is 0 Å². The van der Waals surface area contributed by atoms with E-state index in [1.54, 1.807) is 0 Å². The van der Waals surface area contributed by atoms with Gasteiger partial charge in [-0.3, -0.25) is 0 Å². The number of likely N-dealkylation sites (N-methyl/N-ethyl adjacent to an activating group) is 1. The van der Waals surface area contributed by atoms with Gasteiger partial charge in [0, 0.05) is 19.3 Å². The van der Waals surface area contributed by atoms with Crippen LogP contribution >= 0.6 is 0 Å². The van der Waals surface area contributed by atoms with Crippen molar-refractivity contribution >= 4 is 0 Å². The van der Waals surface area contributed by atoms with Crippen molar-refractivity contribution in [2.24, 2.45) is 0 Å². The molecule has 0 saturated heterocycles. The number of hydrogen-bond acceptors (Lipinski definition) is 1. The normalized spacial score (nSPS) is 11.9. The summed E-state index contributed by atoms with van der Waals surface area (Å²) >= 11 is 0. The summed E-state index contributed by atoms with van der Waals surface area (Å²) < 4.78 is 0. The van der Waals surface area contributed by atoms with Crippen molar-refractivity contribution in [3.63, 3.8) is 0 Å². The molecule has 0 amide bonds. The molecule has 0 fully saturated rings. The zero-order valence-electron chi connectivity index (χ0n) is 9.46. The topological polar surface area (TPSA) is 3.24 Å². The van der Waals surface area contributed by atoms with E-state index in [1.807, 2.05) is 13.0 Å². The van der Waals surface area contributed by atoms with Crippen LogP contribution in [0, 0.1) is 0 Å². The summed E-state index contributed by atoms with van der Waals surface area (Å²) in [5.74, 6) is 0. The molecular weight excluding hydrogens is 158 g/mol. The van der Waals surface area contributed by atoms with Crippen molar-refractivity contribution in [1.82, 2.24) is 4.90 Å². The Morgan fingerprint density at radius 2 is 1.85 bits per heavy atom. The van der Waals surface area contributed by atoms with Crippen molar-refractivity contribution in [2.75, 3.05) is 13.6 Å². The summed E-state index contributed by atoms with van der Waals surface area (Å²) in [5, 5.41) is 0. The fraction of sp³-hybridized carbons (Fsp3) is 0.500. The first-order chi connectivity index (χ1) is 6.07. The van der Waals surface area contributed by atoms with E-state index < -0.39 is 0 Å². The third kappa shape index (κ3) is 6.21. The van der Waals surface area contributed by atoms with Gasteiger partial charge in [0.05, 0.1) is 0 Å². The summed E-state index contributed by atoms with van der Waals surface area (Å²) in [6, 6.07) is 0. The van der Waals surface area contributed by atoms with Crippen molar-refractivity contribution in [1.29, 1.82) is 0 Å². The highest BCUT2D eigenvalue weighted by Crippen LogP contribution is 2.01. The van der Waals surface area contributed by atoms with E-state index in [1.165, 1.54) is 11.3 Å². The molecule has 0 radical (unpaired) electrons. The molecule has 1 nitrogen and oxygen atoms in total. The Bertz CT molecular complexity index is 217. The molecule has 13 heavy (non-hydrogen) atoms. The van der Waals surface area contributed by atoms with Gasteiger partial charge in [0.15, 0.2) is 0 Å². The van der Waals surface area contributed by atoms with Crippen LogP contribution in [0.15, 0.2) is 35.6 Å². The number of allylic oxidation sites excluding steroid dienone is 5. The summed E-state index contributed by atoms with van der Waals surface area (Å²) in [6.07, 6.45) is 8.46. The van der Waals surface area contributed by atoms with Crippen LogP contribution in [0.1, 0.15) is 27.7 Å². The van der Waals surface area contributed by atoms with Gasteiger partial charge in [0.1, 0.15) is 0 Å². The minimum absolute atomic E-state index is 0.988. The average molecular weight is 179 g/mol. The van der Waals surface area contributed by atoms with Crippen LogP contribution in [0.3, 0.4) is 0 Å². The molecule has 0 heterocycles. The second-order valence-electron chi connectivity index (χ2n) is 3.50. The molecule has 0 aromatic rings. The molecule has 0 aromatic carbocycles. The Kier molecular flexibility index (Phi) is 6.03. The van der Waals surface area contributed by atoms with Gasteiger partial charge in [0.25, 0.3) is 0 Å². The molecule has 0 rings (SSSR count). The molecule has 0 N–H and O–H groups in total. The number of rotatable bonds is 4. The van der Waals surface area contributed by atoms with E-state index in [-0.39, 0.29) is 0 Å². The van der Waals surface area contributed by atoms with Crippen molar-refractivity contribution in [3.8, 4) is 0 Å². The van der Waals surface area contributed by atoms with Gasteiger partial charge in [-0.05, 0) is 33.8 Å². The average Bonchev–Trinajstić information content (AvgIpc) is 2.10. The predicted molar refractivity (Wildman–Crippen MR) is 60.6 cm³/mol. The van der Waals surface area contributed by atoms with Crippen LogP contribution in [0.4, 0.5) is 0 Å². The Morgan fingerprint density at radius 1 is 1.23 bits per heavy atom. The minimum Gasteiger partial charge on any atom is -0.374 e. The highest BCUT2D eigenvalue weighted by Gasteiger charge is 1.93. The molecule has 0 bridgehead atoms. The van der Waals surface area contributed by atoms with Crippen LogP contribution in [0.2, 0.25) is 0 Å². The van der Waals surface area contributed by atoms with E-state index in [2.05, 4.69) is 50.9 Å². The second-order valence-corrected chi connectivity index (χ2v) is 3.50. The van der Waals surface area contributed by atoms with E-state index >= 15 is 0 Å². The minimum atomic E-state index is 0.988. The monoisotopic (exact) mass is 179 g/mol. The molecule has 0 aliphatic heterocycles. The largest absolute Gasteiger partial charge is 0.374 e. The zero-order valence-corrected chi connectivity index (χ0v) is 9.46. The predicted octanol–water partition coefficient (Wildman–Crippen LogP) is 3.36. The molecule has 0 spiro atoms. The number of hydrogen-bond donors (Lipinski definition) is 0. The maximum Gasteiger partial charge on any atom is 0.0355 e. The smallest absolute Gasteiger partial charge is 0.0355 e. The lowest BCUT2D eigenvalue weighted by Crippen LogP contribution is -2.15. The fourth-order valence-electron chi connectivity index (χ4n) is 0.826. The first kappa shape index (κ1) is 12.0. The van der Waals surface area contributed by atoms with Gasteiger partial charge < -0.3 is 4.90 Å². The fourth-order valence-corrected chi connectivity index (χ4v) is 0.826. The zero-order chi connectivity index (χ0) is 10.3. The van der Waals surface area contributed by atoms with Crippen LogP contribution in [-0.4, -0.2) is 18.5 Å². The van der Waals surface area contributed by atoms with Gasteiger partial charge in [-0.15, -0.1) is 0 Å². The highest BCUT2D eigenvalue weighted by molar-refractivity contribution is 5.10. The molecule has 0 atom stereocenters. The summed E-state index contributed by atoms with van der Waals surface area (Å²) in [7, 11) is 2.11. The second kappa shape index (κ2) is 6.53. The third-order valence-corrected chi connectivity index (χ3v) is 1.91. The Labute approximate surface area is 82.4 Å². The van der Waals surface area contributed by atoms with Crippen LogP contribution in [0.5, 0.6) is 0 Å². The standard InChI is InChI=1S/C12H21N/c1-6-7-8-12(4)13(5)10-9-11(2)3/h6-9H,10H2,1-5H3/b7-6-,12-8+. The lowest BCUT2D eigenvalue weighted by atomic mass is 10.3. The van der Waals surface area contributed by atoms with Crippen LogP contribution < -0.4 is 0 Å². The molecule has 0 aliphatic carbocycles. The molecule has 0 unspecified atom stereocenters. The molecule has 0 saturated carbocycles. The van der Waals surface area contributed by atoms with Gasteiger partial charge in [-0.25, -0.2) is 0 Å².